The van der Waals surface area contributed by atoms with E-state index in [9.17, 15) is 4.79 Å². The fourth-order valence-electron chi connectivity index (χ4n) is 4.36. The molecule has 0 aliphatic heterocycles. The number of aryl methyl sites for hydroxylation is 2. The number of furan rings is 1. The minimum absolute atomic E-state index is 0.138. The molecule has 2 heterocycles. The molecule has 0 radical (unpaired) electrons. The summed E-state index contributed by atoms with van der Waals surface area (Å²) in [6.45, 7) is 13.0. The molecular weight excluding hydrogens is 506 g/mol. The third-order valence-corrected chi connectivity index (χ3v) is 6.12. The van der Waals surface area contributed by atoms with Crippen LogP contribution in [-0.2, 0) is 13.0 Å². The number of allylic oxidation sites excluding steroid dienone is 1. The van der Waals surface area contributed by atoms with Crippen molar-refractivity contribution in [1.82, 2.24) is 9.99 Å². The van der Waals surface area contributed by atoms with Crippen LogP contribution in [0.1, 0.15) is 52.7 Å². The Labute approximate surface area is 234 Å². The van der Waals surface area contributed by atoms with Gasteiger partial charge in [-0.2, -0.15) is 5.10 Å². The van der Waals surface area contributed by atoms with Gasteiger partial charge in [-0.1, -0.05) is 6.08 Å². The van der Waals surface area contributed by atoms with Gasteiger partial charge in [0.2, 0.25) is 0 Å². The zero-order chi connectivity index (χ0) is 28.5. The molecule has 4 aromatic rings. The Hall–Kier alpha value is -4.72. The van der Waals surface area contributed by atoms with Crippen molar-refractivity contribution in [3.05, 3.63) is 107 Å². The quantitative estimate of drug-likeness (QED) is 0.118. The number of carbonyl (C=O) groups excluding carboxylic acids is 1. The van der Waals surface area contributed by atoms with E-state index in [4.69, 9.17) is 18.6 Å². The highest BCUT2D eigenvalue weighted by atomic mass is 16.5. The molecule has 4 rings (SSSR count). The van der Waals surface area contributed by atoms with Gasteiger partial charge in [-0.05, 0) is 100 Å². The van der Waals surface area contributed by atoms with Gasteiger partial charge in [0.1, 0.15) is 18.1 Å². The third kappa shape index (κ3) is 6.83. The number of benzene rings is 2. The lowest BCUT2D eigenvalue weighted by atomic mass is 10.1. The van der Waals surface area contributed by atoms with Gasteiger partial charge in [-0.25, -0.2) is 5.43 Å². The number of hydrogen-bond acceptors (Lipinski definition) is 6. The predicted molar refractivity (Wildman–Crippen MR) is 156 cm³/mol. The normalized spacial score (nSPS) is 11.0. The topological polar surface area (TPSA) is 87.2 Å². The van der Waals surface area contributed by atoms with Crippen LogP contribution >= 0.6 is 0 Å². The molecule has 208 valence electrons. The second kappa shape index (κ2) is 13.4. The van der Waals surface area contributed by atoms with Gasteiger partial charge in [0.25, 0.3) is 0 Å². The number of nitrogens with one attached hydrogen (secondary N) is 1. The average molecular weight is 542 g/mol. The molecule has 1 N–H and O–H groups in total. The fourth-order valence-corrected chi connectivity index (χ4v) is 4.36. The maximum Gasteiger partial charge on any atom is 0.307 e. The van der Waals surface area contributed by atoms with Gasteiger partial charge in [0, 0.05) is 22.6 Å². The monoisotopic (exact) mass is 541 g/mol. The summed E-state index contributed by atoms with van der Waals surface area (Å²) in [6.07, 6.45) is 3.96. The largest absolute Gasteiger partial charge is 0.490 e. The lowest BCUT2D eigenvalue weighted by Gasteiger charge is -2.15. The Morgan fingerprint density at radius 2 is 1.70 bits per heavy atom. The standard InChI is InChI=1S/C32H35N3O5/c1-6-9-25-18-24(19-30(37-7-2)31(25)38-8-3)20-33-34-32(36)29-17-16-28(40-29)21-39-27-14-12-26(13-15-27)35-22(4)10-11-23(35)5/h6,10-20H,1,7-9,21H2,2-5H3,(H,34,36)/b33-20+. The zero-order valence-electron chi connectivity index (χ0n) is 23.4. The number of aromatic nitrogens is 1. The molecule has 0 atom stereocenters. The summed E-state index contributed by atoms with van der Waals surface area (Å²) >= 11 is 0. The summed E-state index contributed by atoms with van der Waals surface area (Å²) in [6, 6.07) is 19.1. The van der Waals surface area contributed by atoms with Crippen molar-refractivity contribution >= 4 is 12.1 Å². The second-order valence-electron chi connectivity index (χ2n) is 9.07. The van der Waals surface area contributed by atoms with E-state index in [1.807, 2.05) is 50.2 Å². The Bertz CT molecular complexity index is 1460. The highest BCUT2D eigenvalue weighted by Gasteiger charge is 2.14. The van der Waals surface area contributed by atoms with Gasteiger partial charge in [0.15, 0.2) is 17.3 Å². The maximum absolute atomic E-state index is 12.6. The van der Waals surface area contributed by atoms with Crippen LogP contribution in [0.3, 0.4) is 0 Å². The molecule has 0 bridgehead atoms. The highest BCUT2D eigenvalue weighted by molar-refractivity contribution is 5.92. The van der Waals surface area contributed by atoms with Crippen molar-refractivity contribution in [2.24, 2.45) is 5.10 Å². The van der Waals surface area contributed by atoms with Crippen molar-refractivity contribution < 1.29 is 23.4 Å². The van der Waals surface area contributed by atoms with Crippen molar-refractivity contribution in [1.29, 1.82) is 0 Å². The van der Waals surface area contributed by atoms with Gasteiger partial charge in [-0.15, -0.1) is 6.58 Å². The van der Waals surface area contributed by atoms with Crippen LogP contribution in [0.25, 0.3) is 5.69 Å². The van der Waals surface area contributed by atoms with E-state index in [1.54, 1.807) is 24.4 Å². The lowest BCUT2D eigenvalue weighted by Crippen LogP contribution is -2.16. The Kier molecular flexibility index (Phi) is 9.46. The summed E-state index contributed by atoms with van der Waals surface area (Å²) < 4.78 is 25.3. The Balaban J connectivity index is 1.35. The molecule has 0 fully saturated rings. The predicted octanol–water partition coefficient (Wildman–Crippen LogP) is 6.56. The van der Waals surface area contributed by atoms with Crippen LogP contribution in [0.2, 0.25) is 0 Å². The average Bonchev–Trinajstić information content (AvgIpc) is 3.56. The van der Waals surface area contributed by atoms with Crippen molar-refractivity contribution in [2.45, 2.75) is 40.7 Å². The summed E-state index contributed by atoms with van der Waals surface area (Å²) in [4.78, 5) is 12.6. The second-order valence-corrected chi connectivity index (χ2v) is 9.07. The number of ether oxygens (including phenoxy) is 3. The molecule has 0 spiro atoms. The summed E-state index contributed by atoms with van der Waals surface area (Å²) in [7, 11) is 0. The molecular formula is C32H35N3O5. The maximum atomic E-state index is 12.6. The van der Waals surface area contributed by atoms with Gasteiger partial charge < -0.3 is 23.2 Å². The molecule has 0 aliphatic rings. The van der Waals surface area contributed by atoms with Crippen molar-refractivity contribution in [2.75, 3.05) is 13.2 Å². The first-order valence-corrected chi connectivity index (χ1v) is 13.3. The third-order valence-electron chi connectivity index (χ3n) is 6.12. The van der Waals surface area contributed by atoms with E-state index in [-0.39, 0.29) is 12.4 Å². The molecule has 8 nitrogen and oxygen atoms in total. The van der Waals surface area contributed by atoms with Crippen LogP contribution in [-0.4, -0.2) is 29.9 Å². The van der Waals surface area contributed by atoms with E-state index in [1.165, 1.54) is 11.4 Å². The lowest BCUT2D eigenvalue weighted by molar-refractivity contribution is 0.0923. The fraction of sp³-hybridized carbons (Fsp3) is 0.250. The first-order chi connectivity index (χ1) is 19.4. The van der Waals surface area contributed by atoms with Crippen molar-refractivity contribution in [3.8, 4) is 22.9 Å². The van der Waals surface area contributed by atoms with E-state index < -0.39 is 5.91 Å². The van der Waals surface area contributed by atoms with Gasteiger partial charge >= 0.3 is 5.91 Å². The van der Waals surface area contributed by atoms with Crippen molar-refractivity contribution in [3.63, 3.8) is 0 Å². The Morgan fingerprint density at radius 1 is 0.975 bits per heavy atom. The number of nitrogens with zero attached hydrogens (tertiary/aromatic N) is 2. The number of rotatable bonds is 13. The van der Waals surface area contributed by atoms with Crippen LogP contribution in [0.15, 0.2) is 82.8 Å². The van der Waals surface area contributed by atoms with Crippen LogP contribution in [0.5, 0.6) is 17.2 Å². The molecule has 1 amide bonds. The Morgan fingerprint density at radius 3 is 2.38 bits per heavy atom. The van der Waals surface area contributed by atoms with E-state index in [0.29, 0.717) is 42.6 Å². The molecule has 0 saturated heterocycles. The zero-order valence-corrected chi connectivity index (χ0v) is 23.4. The molecule has 2 aromatic carbocycles. The molecule has 8 heteroatoms. The van der Waals surface area contributed by atoms with Gasteiger partial charge in [-0.3, -0.25) is 4.79 Å². The van der Waals surface area contributed by atoms with Crippen LogP contribution in [0.4, 0.5) is 0 Å². The van der Waals surface area contributed by atoms with Gasteiger partial charge in [0.05, 0.1) is 19.4 Å². The smallest absolute Gasteiger partial charge is 0.307 e. The number of hydrazone groups is 1. The minimum Gasteiger partial charge on any atom is -0.490 e. The van der Waals surface area contributed by atoms with Crippen LogP contribution in [0, 0.1) is 13.8 Å². The van der Waals surface area contributed by atoms with E-state index >= 15 is 0 Å². The number of carbonyl (C=O) groups is 1. The van der Waals surface area contributed by atoms with E-state index in [0.717, 1.165) is 16.8 Å². The summed E-state index contributed by atoms with van der Waals surface area (Å²) in [5, 5.41) is 4.10. The molecule has 0 saturated carbocycles. The minimum atomic E-state index is -0.466. The first-order valence-electron chi connectivity index (χ1n) is 13.3. The molecule has 0 aliphatic carbocycles. The number of amides is 1. The highest BCUT2D eigenvalue weighted by Crippen LogP contribution is 2.33. The SMILES string of the molecule is C=CCc1cc(/C=N/NC(=O)c2ccc(COc3ccc(-n4c(C)ccc4C)cc3)o2)cc(OCC)c1OCC. The summed E-state index contributed by atoms with van der Waals surface area (Å²) in [5.41, 5.74) is 7.60. The van der Waals surface area contributed by atoms with E-state index in [2.05, 4.69) is 47.7 Å². The first kappa shape index (κ1) is 28.3. The number of hydrogen-bond donors (Lipinski definition) is 1. The molecule has 2 aromatic heterocycles. The summed E-state index contributed by atoms with van der Waals surface area (Å²) in [5.74, 6) is 2.22. The van der Waals surface area contributed by atoms with Crippen LogP contribution < -0.4 is 19.6 Å². The molecule has 40 heavy (non-hydrogen) atoms. The molecule has 0 unspecified atom stereocenters.